The molecule has 3 aliphatic rings. The number of halogens is 1. The minimum atomic E-state index is -0.447. The number of allylic oxidation sites excluding steroid dienone is 3. The zero-order chi connectivity index (χ0) is 21.5. The largest absolute Gasteiger partial charge is 0.459 e. The predicted octanol–water partition coefficient (Wildman–Crippen LogP) is 4.78. The van der Waals surface area contributed by atoms with Gasteiger partial charge in [0.25, 0.3) is 0 Å². The van der Waals surface area contributed by atoms with Crippen LogP contribution in [0.4, 0.5) is 0 Å². The standard InChI is InChI=1S/C24H28BrNO4/c1-14-20(23(28)30-13-15-7-6-10-29-15)21(16-8-4-5-9-17(16)25)22-18(26-14)11-24(2,3)12-19(22)27/h4-5,8-9,15,21,26H,6-7,10-13H2,1-3H3/t15-,21+/m0/s1. The minimum absolute atomic E-state index is 0.0415. The molecule has 0 spiro atoms. The third-order valence-corrected chi connectivity index (χ3v) is 6.82. The molecule has 0 aromatic heterocycles. The molecular weight excluding hydrogens is 446 g/mol. The number of ketones is 1. The van der Waals surface area contributed by atoms with Crippen LogP contribution >= 0.6 is 15.9 Å². The molecule has 1 N–H and O–H groups in total. The summed E-state index contributed by atoms with van der Waals surface area (Å²) in [6.07, 6.45) is 3.09. The molecule has 1 aromatic carbocycles. The lowest BCUT2D eigenvalue weighted by atomic mass is 9.68. The molecule has 4 rings (SSSR count). The number of carbonyl (C=O) groups excluding carboxylic acids is 2. The van der Waals surface area contributed by atoms with Gasteiger partial charge in [0, 0.05) is 40.4 Å². The molecular formula is C24H28BrNO4. The molecule has 1 aliphatic carbocycles. The van der Waals surface area contributed by atoms with Gasteiger partial charge in [0.2, 0.25) is 0 Å². The second-order valence-electron chi connectivity index (χ2n) is 9.18. The van der Waals surface area contributed by atoms with Gasteiger partial charge in [-0.15, -0.1) is 0 Å². The monoisotopic (exact) mass is 473 g/mol. The van der Waals surface area contributed by atoms with Crippen molar-refractivity contribution in [2.45, 2.75) is 58.5 Å². The van der Waals surface area contributed by atoms with Crippen LogP contribution in [0.1, 0.15) is 57.9 Å². The summed E-state index contributed by atoms with van der Waals surface area (Å²) in [5.74, 6) is -0.746. The van der Waals surface area contributed by atoms with E-state index in [1.54, 1.807) is 0 Å². The van der Waals surface area contributed by atoms with Crippen LogP contribution in [0.3, 0.4) is 0 Å². The Kier molecular flexibility index (Phi) is 5.90. The predicted molar refractivity (Wildman–Crippen MR) is 118 cm³/mol. The summed E-state index contributed by atoms with van der Waals surface area (Å²) in [7, 11) is 0. The lowest BCUT2D eigenvalue weighted by Crippen LogP contribution is -2.39. The van der Waals surface area contributed by atoms with Gasteiger partial charge in [-0.2, -0.15) is 0 Å². The maximum absolute atomic E-state index is 13.3. The zero-order valence-electron chi connectivity index (χ0n) is 17.7. The highest BCUT2D eigenvalue weighted by Gasteiger charge is 2.43. The van der Waals surface area contributed by atoms with E-state index in [-0.39, 0.29) is 29.9 Å². The normalized spacial score (nSPS) is 25.8. The zero-order valence-corrected chi connectivity index (χ0v) is 19.3. The number of dihydropyridines is 1. The Morgan fingerprint density at radius 3 is 2.77 bits per heavy atom. The summed E-state index contributed by atoms with van der Waals surface area (Å²) in [6, 6.07) is 7.78. The number of nitrogens with one attached hydrogen (secondary N) is 1. The molecule has 0 amide bonds. The molecule has 6 heteroatoms. The molecule has 0 bridgehead atoms. The smallest absolute Gasteiger partial charge is 0.336 e. The molecule has 160 valence electrons. The van der Waals surface area contributed by atoms with E-state index >= 15 is 0 Å². The lowest BCUT2D eigenvalue weighted by Gasteiger charge is -2.39. The third kappa shape index (κ3) is 4.12. The maximum atomic E-state index is 13.3. The van der Waals surface area contributed by atoms with Crippen LogP contribution in [-0.4, -0.2) is 31.1 Å². The van der Waals surface area contributed by atoms with Crippen molar-refractivity contribution in [3.63, 3.8) is 0 Å². The first-order valence-electron chi connectivity index (χ1n) is 10.5. The molecule has 2 aliphatic heterocycles. The highest BCUT2D eigenvalue weighted by molar-refractivity contribution is 9.10. The van der Waals surface area contributed by atoms with E-state index in [0.717, 1.165) is 40.7 Å². The van der Waals surface area contributed by atoms with Crippen molar-refractivity contribution < 1.29 is 19.1 Å². The molecule has 0 unspecified atom stereocenters. The first-order chi connectivity index (χ1) is 14.3. The second kappa shape index (κ2) is 8.31. The Hall–Kier alpha value is -1.92. The van der Waals surface area contributed by atoms with Crippen molar-refractivity contribution in [3.05, 3.63) is 56.8 Å². The molecule has 1 aromatic rings. The number of esters is 1. The molecule has 5 nitrogen and oxygen atoms in total. The van der Waals surface area contributed by atoms with Crippen LogP contribution in [0.25, 0.3) is 0 Å². The number of Topliss-reactive ketones (excluding diaryl/α,β-unsaturated/α-hetero) is 1. The molecule has 2 atom stereocenters. The number of rotatable bonds is 4. The Morgan fingerprint density at radius 2 is 2.07 bits per heavy atom. The first-order valence-corrected chi connectivity index (χ1v) is 11.3. The van der Waals surface area contributed by atoms with Crippen LogP contribution in [0.2, 0.25) is 0 Å². The van der Waals surface area contributed by atoms with Gasteiger partial charge >= 0.3 is 5.97 Å². The third-order valence-electron chi connectivity index (χ3n) is 6.10. The van der Waals surface area contributed by atoms with Gasteiger partial charge in [0.15, 0.2) is 5.78 Å². The quantitative estimate of drug-likeness (QED) is 0.637. The highest BCUT2D eigenvalue weighted by Crippen LogP contribution is 2.48. The molecule has 0 saturated carbocycles. The van der Waals surface area contributed by atoms with Gasteiger partial charge in [-0.25, -0.2) is 4.79 Å². The first kappa shape index (κ1) is 21.3. The fourth-order valence-electron chi connectivity index (χ4n) is 4.75. The van der Waals surface area contributed by atoms with Gasteiger partial charge < -0.3 is 14.8 Å². The summed E-state index contributed by atoms with van der Waals surface area (Å²) in [5.41, 5.74) is 3.66. The number of hydrogen-bond acceptors (Lipinski definition) is 5. The average Bonchev–Trinajstić information content (AvgIpc) is 3.18. The van der Waals surface area contributed by atoms with Gasteiger partial charge in [-0.3, -0.25) is 4.79 Å². The highest BCUT2D eigenvalue weighted by atomic mass is 79.9. The van der Waals surface area contributed by atoms with E-state index in [4.69, 9.17) is 9.47 Å². The molecule has 1 fully saturated rings. The van der Waals surface area contributed by atoms with E-state index in [1.165, 1.54) is 0 Å². The van der Waals surface area contributed by atoms with E-state index < -0.39 is 5.92 Å². The number of carbonyl (C=O) groups is 2. The van der Waals surface area contributed by atoms with E-state index in [0.29, 0.717) is 24.2 Å². The van der Waals surface area contributed by atoms with Crippen molar-refractivity contribution in [1.82, 2.24) is 5.32 Å². The van der Waals surface area contributed by atoms with E-state index in [9.17, 15) is 9.59 Å². The Balaban J connectivity index is 1.73. The Morgan fingerprint density at radius 1 is 1.30 bits per heavy atom. The topological polar surface area (TPSA) is 64.6 Å². The fourth-order valence-corrected chi connectivity index (χ4v) is 5.26. The van der Waals surface area contributed by atoms with Crippen molar-refractivity contribution in [1.29, 1.82) is 0 Å². The number of benzene rings is 1. The summed E-state index contributed by atoms with van der Waals surface area (Å²) < 4.78 is 12.1. The second-order valence-corrected chi connectivity index (χ2v) is 10.0. The van der Waals surface area contributed by atoms with Crippen LogP contribution in [0.5, 0.6) is 0 Å². The van der Waals surface area contributed by atoms with Crippen LogP contribution in [-0.2, 0) is 19.1 Å². The van der Waals surface area contributed by atoms with E-state index in [1.807, 2.05) is 31.2 Å². The van der Waals surface area contributed by atoms with Gasteiger partial charge in [0.1, 0.15) is 6.61 Å². The summed E-state index contributed by atoms with van der Waals surface area (Å²) in [5, 5.41) is 3.37. The number of ether oxygens (including phenoxy) is 2. The van der Waals surface area contributed by atoms with Gasteiger partial charge in [-0.05, 0) is 43.2 Å². The minimum Gasteiger partial charge on any atom is -0.459 e. The SMILES string of the molecule is CC1=C(C(=O)OC[C@@H]2CCCO2)[C@@H](c2ccccc2Br)C2=C(CC(C)(C)CC2=O)N1. The van der Waals surface area contributed by atoms with Crippen molar-refractivity contribution >= 4 is 27.7 Å². The molecule has 30 heavy (non-hydrogen) atoms. The average molecular weight is 474 g/mol. The summed E-state index contributed by atoms with van der Waals surface area (Å²) in [6.45, 7) is 7.06. The van der Waals surface area contributed by atoms with Crippen molar-refractivity contribution in [3.8, 4) is 0 Å². The van der Waals surface area contributed by atoms with E-state index in [2.05, 4.69) is 35.1 Å². The Bertz CT molecular complexity index is 940. The molecule has 2 heterocycles. The van der Waals surface area contributed by atoms with Crippen molar-refractivity contribution in [2.75, 3.05) is 13.2 Å². The summed E-state index contributed by atoms with van der Waals surface area (Å²) >= 11 is 3.63. The lowest BCUT2D eigenvalue weighted by molar-refractivity contribution is -0.142. The van der Waals surface area contributed by atoms with Crippen LogP contribution in [0.15, 0.2) is 51.3 Å². The maximum Gasteiger partial charge on any atom is 0.336 e. The van der Waals surface area contributed by atoms with Crippen molar-refractivity contribution in [2.24, 2.45) is 5.41 Å². The fraction of sp³-hybridized carbons (Fsp3) is 0.500. The van der Waals surface area contributed by atoms with Crippen LogP contribution in [0, 0.1) is 5.41 Å². The summed E-state index contributed by atoms with van der Waals surface area (Å²) in [4.78, 5) is 26.5. The Labute approximate surface area is 186 Å². The van der Waals surface area contributed by atoms with Gasteiger partial charge in [0.05, 0.1) is 11.7 Å². The molecule has 0 radical (unpaired) electrons. The number of hydrogen-bond donors (Lipinski definition) is 1. The van der Waals surface area contributed by atoms with Gasteiger partial charge in [-0.1, -0.05) is 48.0 Å². The van der Waals surface area contributed by atoms with Crippen LogP contribution < -0.4 is 5.32 Å². The molecule has 1 saturated heterocycles.